The first-order valence-corrected chi connectivity index (χ1v) is 8.50. The Labute approximate surface area is 130 Å². The lowest BCUT2D eigenvalue weighted by molar-refractivity contribution is -0.144. The van der Waals surface area contributed by atoms with Crippen LogP contribution in [0.25, 0.3) is 0 Å². The van der Waals surface area contributed by atoms with Crippen molar-refractivity contribution < 1.29 is 9.90 Å². The molecule has 0 saturated carbocycles. The Morgan fingerprint density at radius 1 is 1.38 bits per heavy atom. The molecule has 2 N–H and O–H groups in total. The predicted molar refractivity (Wildman–Crippen MR) is 87.6 cm³/mol. The Balaban J connectivity index is 2.29. The van der Waals surface area contributed by atoms with E-state index in [1.54, 1.807) is 0 Å². The van der Waals surface area contributed by atoms with E-state index in [1.165, 1.54) is 25.9 Å². The smallest absolute Gasteiger partial charge is 0.323 e. The van der Waals surface area contributed by atoms with E-state index >= 15 is 0 Å². The van der Waals surface area contributed by atoms with Gasteiger partial charge in [0.25, 0.3) is 0 Å². The van der Waals surface area contributed by atoms with Gasteiger partial charge in [0.2, 0.25) is 0 Å². The molecule has 1 saturated heterocycles. The van der Waals surface area contributed by atoms with Crippen LogP contribution in [0.15, 0.2) is 0 Å². The maximum atomic E-state index is 11.4. The van der Waals surface area contributed by atoms with Crippen molar-refractivity contribution in [3.05, 3.63) is 0 Å². The van der Waals surface area contributed by atoms with Gasteiger partial charge in [0.05, 0.1) is 0 Å². The maximum Gasteiger partial charge on any atom is 0.323 e. The van der Waals surface area contributed by atoms with Gasteiger partial charge in [-0.2, -0.15) is 0 Å². The van der Waals surface area contributed by atoms with Gasteiger partial charge in [-0.25, -0.2) is 0 Å². The highest BCUT2D eigenvalue weighted by Crippen LogP contribution is 2.28. The summed E-state index contributed by atoms with van der Waals surface area (Å²) in [4.78, 5) is 14.0. The highest BCUT2D eigenvalue weighted by Gasteiger charge is 2.31. The third kappa shape index (κ3) is 6.35. The van der Waals surface area contributed by atoms with Crippen molar-refractivity contribution in [2.45, 2.75) is 71.8 Å². The highest BCUT2D eigenvalue weighted by atomic mass is 16.4. The molecule has 1 atom stereocenters. The molecule has 124 valence electrons. The molecule has 1 aliphatic heterocycles. The molecule has 0 spiro atoms. The topological polar surface area (TPSA) is 52.6 Å². The largest absolute Gasteiger partial charge is 0.480 e. The summed E-state index contributed by atoms with van der Waals surface area (Å²) >= 11 is 0. The molecule has 1 rings (SSSR count). The van der Waals surface area contributed by atoms with Gasteiger partial charge in [0, 0.05) is 6.54 Å². The minimum atomic E-state index is -0.767. The zero-order valence-electron chi connectivity index (χ0n) is 14.4. The fourth-order valence-electron chi connectivity index (χ4n) is 3.22. The van der Waals surface area contributed by atoms with E-state index in [4.69, 9.17) is 0 Å². The third-order valence-electron chi connectivity index (χ3n) is 4.62. The van der Waals surface area contributed by atoms with Gasteiger partial charge in [-0.1, -0.05) is 20.8 Å². The highest BCUT2D eigenvalue weighted by molar-refractivity contribution is 5.78. The zero-order chi connectivity index (χ0) is 15.9. The molecular formula is C17H34N2O2. The Bertz CT molecular complexity index is 331. The molecule has 0 aromatic carbocycles. The number of carbonyl (C=O) groups is 1. The molecule has 0 aromatic heterocycles. The second-order valence-electron chi connectivity index (χ2n) is 7.57. The molecule has 4 nitrogen and oxygen atoms in total. The minimum absolute atomic E-state index is 0.441. The number of nitrogens with zero attached hydrogens (tertiary/aromatic N) is 1. The van der Waals surface area contributed by atoms with E-state index < -0.39 is 11.5 Å². The van der Waals surface area contributed by atoms with Gasteiger partial charge < -0.3 is 15.3 Å². The summed E-state index contributed by atoms with van der Waals surface area (Å²) in [5.74, 6) is -0.727. The van der Waals surface area contributed by atoms with Crippen LogP contribution in [0.5, 0.6) is 0 Å². The molecule has 21 heavy (non-hydrogen) atoms. The summed E-state index contributed by atoms with van der Waals surface area (Å²) in [5, 5.41) is 12.6. The second kappa shape index (κ2) is 8.14. The molecule has 1 heterocycles. The van der Waals surface area contributed by atoms with Crippen LogP contribution in [-0.2, 0) is 4.79 Å². The molecule has 1 fully saturated rings. The van der Waals surface area contributed by atoms with Crippen LogP contribution in [0, 0.1) is 5.41 Å². The van der Waals surface area contributed by atoms with E-state index in [0.29, 0.717) is 11.8 Å². The van der Waals surface area contributed by atoms with Crippen LogP contribution < -0.4 is 5.32 Å². The Hall–Kier alpha value is -0.610. The molecular weight excluding hydrogens is 264 g/mol. The van der Waals surface area contributed by atoms with E-state index in [2.05, 4.69) is 31.0 Å². The van der Waals surface area contributed by atoms with Crippen LogP contribution >= 0.6 is 0 Å². The number of rotatable bonds is 9. The zero-order valence-corrected chi connectivity index (χ0v) is 14.4. The molecule has 0 radical (unpaired) electrons. The first kappa shape index (κ1) is 18.4. The number of aliphatic carboxylic acids is 1. The van der Waals surface area contributed by atoms with E-state index in [-0.39, 0.29) is 0 Å². The number of piperidine rings is 1. The lowest BCUT2D eigenvalue weighted by atomic mass is 9.84. The second-order valence-corrected chi connectivity index (χ2v) is 7.57. The van der Waals surface area contributed by atoms with Crippen LogP contribution in [0.3, 0.4) is 0 Å². The van der Waals surface area contributed by atoms with E-state index in [0.717, 1.165) is 32.4 Å². The van der Waals surface area contributed by atoms with Crippen LogP contribution in [0.4, 0.5) is 0 Å². The van der Waals surface area contributed by atoms with Crippen molar-refractivity contribution in [2.75, 3.05) is 26.2 Å². The third-order valence-corrected chi connectivity index (χ3v) is 4.62. The average molecular weight is 298 g/mol. The summed E-state index contributed by atoms with van der Waals surface area (Å²) in [7, 11) is 0. The van der Waals surface area contributed by atoms with Gasteiger partial charge in [0.15, 0.2) is 0 Å². The molecule has 0 bridgehead atoms. The lowest BCUT2D eigenvalue weighted by Gasteiger charge is -2.38. The number of carboxylic acids is 1. The minimum Gasteiger partial charge on any atom is -0.480 e. The number of hydrogen-bond donors (Lipinski definition) is 2. The van der Waals surface area contributed by atoms with Crippen molar-refractivity contribution in [1.82, 2.24) is 10.2 Å². The summed E-state index contributed by atoms with van der Waals surface area (Å²) in [6.07, 6.45) is 6.34. The average Bonchev–Trinajstić information content (AvgIpc) is 2.40. The van der Waals surface area contributed by atoms with Gasteiger partial charge in [-0.3, -0.25) is 4.79 Å². The monoisotopic (exact) mass is 298 g/mol. The standard InChI is InChI=1S/C17H34N2O2/c1-5-11-18-17(4,15(20)21)10-6-7-12-19-13-8-9-16(2,3)14-19/h18H,5-14H2,1-4H3,(H,20,21). The summed E-state index contributed by atoms with van der Waals surface area (Å²) < 4.78 is 0. The molecule has 4 heteroatoms. The van der Waals surface area contributed by atoms with Crippen molar-refractivity contribution in [3.63, 3.8) is 0 Å². The van der Waals surface area contributed by atoms with Gasteiger partial charge >= 0.3 is 5.97 Å². The van der Waals surface area contributed by atoms with E-state index in [9.17, 15) is 9.90 Å². The van der Waals surface area contributed by atoms with Crippen molar-refractivity contribution in [1.29, 1.82) is 0 Å². The molecule has 0 aromatic rings. The van der Waals surface area contributed by atoms with E-state index in [1.807, 2.05) is 6.92 Å². The Kier molecular flexibility index (Phi) is 7.14. The molecule has 0 aliphatic carbocycles. The fourth-order valence-corrected chi connectivity index (χ4v) is 3.22. The SMILES string of the molecule is CCCNC(C)(CCCCN1CCCC(C)(C)C1)C(=O)O. The number of carboxylic acid groups (broad SMARTS) is 1. The van der Waals surface area contributed by atoms with Gasteiger partial charge in [-0.05, 0) is 70.5 Å². The maximum absolute atomic E-state index is 11.4. The van der Waals surface area contributed by atoms with Crippen molar-refractivity contribution in [2.24, 2.45) is 5.41 Å². The lowest BCUT2D eigenvalue weighted by Crippen LogP contribution is -2.49. The Morgan fingerprint density at radius 3 is 2.67 bits per heavy atom. The molecule has 1 aliphatic rings. The first-order chi connectivity index (χ1) is 9.79. The van der Waals surface area contributed by atoms with Crippen molar-refractivity contribution >= 4 is 5.97 Å². The predicted octanol–water partition coefficient (Wildman–Crippen LogP) is 3.12. The summed E-state index contributed by atoms with van der Waals surface area (Å²) in [6.45, 7) is 12.8. The number of hydrogen-bond acceptors (Lipinski definition) is 3. The number of likely N-dealkylation sites (tertiary alicyclic amines) is 1. The van der Waals surface area contributed by atoms with Crippen molar-refractivity contribution in [3.8, 4) is 0 Å². The van der Waals surface area contributed by atoms with Gasteiger partial charge in [-0.15, -0.1) is 0 Å². The normalized spacial score (nSPS) is 21.9. The van der Waals surface area contributed by atoms with Crippen LogP contribution in [-0.4, -0.2) is 47.7 Å². The first-order valence-electron chi connectivity index (χ1n) is 8.50. The number of nitrogens with one attached hydrogen (secondary N) is 1. The summed E-state index contributed by atoms with van der Waals surface area (Å²) in [6, 6.07) is 0. The Morgan fingerprint density at radius 2 is 2.10 bits per heavy atom. The summed E-state index contributed by atoms with van der Waals surface area (Å²) in [5.41, 5.74) is -0.326. The molecule has 0 amide bonds. The quantitative estimate of drug-likeness (QED) is 0.642. The number of unbranched alkanes of at least 4 members (excludes halogenated alkanes) is 1. The van der Waals surface area contributed by atoms with Gasteiger partial charge in [0.1, 0.15) is 5.54 Å². The van der Waals surface area contributed by atoms with Crippen LogP contribution in [0.2, 0.25) is 0 Å². The fraction of sp³-hybridized carbons (Fsp3) is 0.941. The molecule has 1 unspecified atom stereocenters. The van der Waals surface area contributed by atoms with Crippen LogP contribution in [0.1, 0.15) is 66.2 Å².